The fraction of sp³-hybridized carbons (Fsp3) is 0.278. The maximum atomic E-state index is 13.4. The molecule has 7 nitrogen and oxygen atoms in total. The summed E-state index contributed by atoms with van der Waals surface area (Å²) in [6, 6.07) is 10.6. The van der Waals surface area contributed by atoms with Crippen LogP contribution in [0.15, 0.2) is 42.5 Å². The summed E-state index contributed by atoms with van der Waals surface area (Å²) in [7, 11) is 0. The molecule has 0 spiro atoms. The van der Waals surface area contributed by atoms with Crippen molar-refractivity contribution in [3.8, 4) is 5.75 Å². The standard InChI is InChI=1S/C18H20F2N4O3/c19-16-6-3-14(11-17(16)20)23-7-9-24(10-8-23)18(25)12-26-15-4-1-13(2-5-15)22-27-21/h1-6,11,22H,7-10,12,21H2. The van der Waals surface area contributed by atoms with Crippen molar-refractivity contribution in [3.63, 3.8) is 0 Å². The van der Waals surface area contributed by atoms with E-state index in [-0.39, 0.29) is 12.5 Å². The van der Waals surface area contributed by atoms with Crippen molar-refractivity contribution < 1.29 is 23.3 Å². The normalized spacial score (nSPS) is 14.2. The summed E-state index contributed by atoms with van der Waals surface area (Å²) in [5, 5.41) is 0. The highest BCUT2D eigenvalue weighted by Crippen LogP contribution is 2.20. The average Bonchev–Trinajstić information content (AvgIpc) is 2.70. The van der Waals surface area contributed by atoms with Gasteiger partial charge >= 0.3 is 0 Å². The monoisotopic (exact) mass is 378 g/mol. The lowest BCUT2D eigenvalue weighted by atomic mass is 10.2. The van der Waals surface area contributed by atoms with Gasteiger partial charge in [-0.1, -0.05) is 0 Å². The van der Waals surface area contributed by atoms with Crippen LogP contribution in [0.25, 0.3) is 0 Å². The molecule has 1 saturated heterocycles. The molecule has 0 unspecified atom stereocenters. The van der Waals surface area contributed by atoms with Gasteiger partial charge in [-0.3, -0.25) is 4.79 Å². The minimum Gasteiger partial charge on any atom is -0.484 e. The van der Waals surface area contributed by atoms with Gasteiger partial charge in [0.15, 0.2) is 18.2 Å². The van der Waals surface area contributed by atoms with Gasteiger partial charge in [-0.25, -0.2) is 14.3 Å². The van der Waals surface area contributed by atoms with Crippen LogP contribution in [-0.2, 0) is 9.73 Å². The summed E-state index contributed by atoms with van der Waals surface area (Å²) in [6.45, 7) is 1.97. The SMILES string of the molecule is NONc1ccc(OCC(=O)N2CCN(c3ccc(F)c(F)c3)CC2)cc1. The third kappa shape index (κ3) is 4.83. The highest BCUT2D eigenvalue weighted by atomic mass is 19.2. The molecule has 1 amide bonds. The van der Waals surface area contributed by atoms with Crippen LogP contribution in [0, 0.1) is 11.6 Å². The quantitative estimate of drug-likeness (QED) is 0.748. The topological polar surface area (TPSA) is 80.1 Å². The van der Waals surface area contributed by atoms with Gasteiger partial charge in [0, 0.05) is 37.9 Å². The number of ether oxygens (including phenoxy) is 1. The van der Waals surface area contributed by atoms with Crippen LogP contribution >= 0.6 is 0 Å². The summed E-state index contributed by atoms with van der Waals surface area (Å²) in [6.07, 6.45) is 0. The fourth-order valence-electron chi connectivity index (χ4n) is 2.82. The summed E-state index contributed by atoms with van der Waals surface area (Å²) in [4.78, 5) is 20.2. The molecule has 1 fully saturated rings. The Hall–Kier alpha value is -2.91. The molecular weight excluding hydrogens is 358 g/mol. The Balaban J connectivity index is 1.47. The second-order valence-corrected chi connectivity index (χ2v) is 6.00. The second kappa shape index (κ2) is 8.65. The van der Waals surface area contributed by atoms with E-state index in [1.165, 1.54) is 12.1 Å². The van der Waals surface area contributed by atoms with Gasteiger partial charge in [-0.2, -0.15) is 10.8 Å². The lowest BCUT2D eigenvalue weighted by Gasteiger charge is -2.36. The first-order valence-corrected chi connectivity index (χ1v) is 8.39. The molecule has 1 aliphatic heterocycles. The Labute approximate surface area is 155 Å². The van der Waals surface area contributed by atoms with Gasteiger partial charge < -0.3 is 14.5 Å². The van der Waals surface area contributed by atoms with Crippen LogP contribution in [0.2, 0.25) is 0 Å². The van der Waals surface area contributed by atoms with Crippen molar-refractivity contribution in [2.24, 2.45) is 5.90 Å². The molecule has 3 rings (SSSR count). The van der Waals surface area contributed by atoms with Crippen molar-refractivity contribution in [1.82, 2.24) is 4.90 Å². The Morgan fingerprint density at radius 2 is 1.74 bits per heavy atom. The van der Waals surface area contributed by atoms with E-state index < -0.39 is 11.6 Å². The molecule has 0 aliphatic carbocycles. The largest absolute Gasteiger partial charge is 0.484 e. The number of hydrogen-bond donors (Lipinski definition) is 2. The number of amides is 1. The van der Waals surface area contributed by atoms with Crippen LogP contribution in [0.5, 0.6) is 5.75 Å². The van der Waals surface area contributed by atoms with Crippen molar-refractivity contribution in [2.75, 3.05) is 43.2 Å². The van der Waals surface area contributed by atoms with Crippen LogP contribution in [0.3, 0.4) is 0 Å². The Kier molecular flexibility index (Phi) is 6.05. The molecule has 2 aromatic carbocycles. The van der Waals surface area contributed by atoms with Gasteiger partial charge in [-0.05, 0) is 36.4 Å². The highest BCUT2D eigenvalue weighted by molar-refractivity contribution is 5.78. The van der Waals surface area contributed by atoms with Gasteiger partial charge in [0.2, 0.25) is 0 Å². The summed E-state index contributed by atoms with van der Waals surface area (Å²) >= 11 is 0. The maximum absolute atomic E-state index is 13.4. The number of nitrogens with one attached hydrogen (secondary N) is 1. The lowest BCUT2D eigenvalue weighted by molar-refractivity contribution is -0.133. The van der Waals surface area contributed by atoms with Gasteiger partial charge in [0.1, 0.15) is 5.75 Å². The van der Waals surface area contributed by atoms with E-state index in [2.05, 4.69) is 10.4 Å². The molecule has 0 saturated carbocycles. The first-order chi connectivity index (χ1) is 13.1. The maximum Gasteiger partial charge on any atom is 0.260 e. The molecular formula is C18H20F2N4O3. The molecule has 144 valence electrons. The zero-order valence-electron chi connectivity index (χ0n) is 14.5. The number of nitrogens with zero attached hydrogens (tertiary/aromatic N) is 2. The first-order valence-electron chi connectivity index (χ1n) is 8.39. The van der Waals surface area contributed by atoms with Gasteiger partial charge in [0.05, 0.1) is 5.69 Å². The first kappa shape index (κ1) is 18.9. The fourth-order valence-corrected chi connectivity index (χ4v) is 2.82. The van der Waals surface area contributed by atoms with Crippen molar-refractivity contribution >= 4 is 17.3 Å². The molecule has 1 aliphatic rings. The number of hydrogen-bond acceptors (Lipinski definition) is 6. The number of carbonyl (C=O) groups excluding carboxylic acids is 1. The smallest absolute Gasteiger partial charge is 0.260 e. The molecule has 27 heavy (non-hydrogen) atoms. The zero-order valence-corrected chi connectivity index (χ0v) is 14.5. The number of nitrogens with two attached hydrogens (primary N) is 1. The van der Waals surface area contributed by atoms with E-state index in [4.69, 9.17) is 10.6 Å². The number of benzene rings is 2. The van der Waals surface area contributed by atoms with E-state index >= 15 is 0 Å². The average molecular weight is 378 g/mol. The predicted octanol–water partition coefficient (Wildman–Crippen LogP) is 1.91. The number of halogens is 2. The van der Waals surface area contributed by atoms with E-state index in [9.17, 15) is 13.6 Å². The molecule has 3 N–H and O–H groups in total. The number of rotatable bonds is 6. The third-order valence-corrected chi connectivity index (χ3v) is 4.29. The van der Waals surface area contributed by atoms with E-state index in [1.54, 1.807) is 29.2 Å². The Morgan fingerprint density at radius 3 is 2.37 bits per heavy atom. The van der Waals surface area contributed by atoms with Gasteiger partial charge in [0.25, 0.3) is 5.91 Å². The van der Waals surface area contributed by atoms with Gasteiger partial charge in [-0.15, -0.1) is 0 Å². The molecule has 1 heterocycles. The minimum atomic E-state index is -0.876. The number of carbonyl (C=O) groups is 1. The lowest BCUT2D eigenvalue weighted by Crippen LogP contribution is -2.50. The minimum absolute atomic E-state index is 0.0780. The van der Waals surface area contributed by atoms with Crippen molar-refractivity contribution in [2.45, 2.75) is 0 Å². The molecule has 0 radical (unpaired) electrons. The van der Waals surface area contributed by atoms with E-state index in [0.717, 1.165) is 6.07 Å². The molecule has 2 aromatic rings. The zero-order chi connectivity index (χ0) is 19.2. The number of piperazine rings is 1. The molecule has 0 atom stereocenters. The second-order valence-electron chi connectivity index (χ2n) is 6.00. The van der Waals surface area contributed by atoms with E-state index in [1.807, 2.05) is 4.90 Å². The number of anilines is 2. The highest BCUT2D eigenvalue weighted by Gasteiger charge is 2.22. The van der Waals surface area contributed by atoms with Crippen molar-refractivity contribution in [1.29, 1.82) is 0 Å². The third-order valence-electron chi connectivity index (χ3n) is 4.29. The molecule has 0 aromatic heterocycles. The van der Waals surface area contributed by atoms with Crippen LogP contribution < -0.4 is 21.0 Å². The predicted molar refractivity (Wildman–Crippen MR) is 96.0 cm³/mol. The van der Waals surface area contributed by atoms with E-state index in [0.29, 0.717) is 43.3 Å². The molecule has 0 bridgehead atoms. The van der Waals surface area contributed by atoms with Crippen LogP contribution in [-0.4, -0.2) is 43.6 Å². The van der Waals surface area contributed by atoms with Crippen LogP contribution in [0.1, 0.15) is 0 Å². The van der Waals surface area contributed by atoms with Crippen LogP contribution in [0.4, 0.5) is 20.2 Å². The molecule has 9 heteroatoms. The Bertz CT molecular complexity index is 781. The van der Waals surface area contributed by atoms with Crippen molar-refractivity contribution in [3.05, 3.63) is 54.1 Å². The summed E-state index contributed by atoms with van der Waals surface area (Å²) in [5.41, 5.74) is 3.73. The summed E-state index contributed by atoms with van der Waals surface area (Å²) < 4.78 is 31.9. The summed E-state index contributed by atoms with van der Waals surface area (Å²) in [5.74, 6) is 3.58. The Morgan fingerprint density at radius 1 is 1.04 bits per heavy atom.